The first kappa shape index (κ1) is 25.8. The fourth-order valence-electron chi connectivity index (χ4n) is 2.94. The second-order valence-corrected chi connectivity index (χ2v) is 9.68. The largest absolute Gasteiger partial charge is 0.451 e. The summed E-state index contributed by atoms with van der Waals surface area (Å²) >= 11 is 5.85. The highest BCUT2D eigenvalue weighted by molar-refractivity contribution is 7.90. The van der Waals surface area contributed by atoms with Gasteiger partial charge in [0.25, 0.3) is 5.56 Å². The molecule has 1 amide bonds. The van der Waals surface area contributed by atoms with Crippen LogP contribution in [0.15, 0.2) is 64.4 Å². The number of ether oxygens (including phenoxy) is 1. The first-order valence-corrected chi connectivity index (χ1v) is 11.8. The number of aromatic nitrogens is 1. The maximum Gasteiger partial charge on any atom is 0.420 e. The molecule has 1 aromatic heterocycles. The van der Waals surface area contributed by atoms with Gasteiger partial charge in [0.15, 0.2) is 9.84 Å². The van der Waals surface area contributed by atoms with Gasteiger partial charge in [-0.2, -0.15) is 18.4 Å². The average molecular weight is 526 g/mol. The minimum atomic E-state index is -4.95. The number of amides is 1. The van der Waals surface area contributed by atoms with Crippen LogP contribution in [0.2, 0.25) is 5.02 Å². The van der Waals surface area contributed by atoms with Gasteiger partial charge in [-0.05, 0) is 48.5 Å². The number of hydrogen-bond donors (Lipinski definition) is 1. The van der Waals surface area contributed by atoms with Crippen LogP contribution in [0.5, 0.6) is 11.5 Å². The summed E-state index contributed by atoms with van der Waals surface area (Å²) in [5, 5.41) is 11.5. The van der Waals surface area contributed by atoms with Crippen molar-refractivity contribution in [1.82, 2.24) is 4.57 Å². The second kappa shape index (κ2) is 9.81. The van der Waals surface area contributed by atoms with Crippen LogP contribution in [0, 0.1) is 11.3 Å². The number of rotatable bonds is 6. The highest BCUT2D eigenvalue weighted by Crippen LogP contribution is 2.36. The number of nitrogens with one attached hydrogen (secondary N) is 1. The maximum absolute atomic E-state index is 13.5. The van der Waals surface area contributed by atoms with E-state index in [2.05, 4.69) is 5.32 Å². The van der Waals surface area contributed by atoms with Gasteiger partial charge in [-0.1, -0.05) is 11.6 Å². The summed E-state index contributed by atoms with van der Waals surface area (Å²) in [6.45, 7) is -0.667. The molecule has 0 aliphatic heterocycles. The predicted octanol–water partition coefficient (Wildman–Crippen LogP) is 4.23. The van der Waals surface area contributed by atoms with Crippen molar-refractivity contribution in [3.63, 3.8) is 0 Å². The Balaban J connectivity index is 1.91. The van der Waals surface area contributed by atoms with Crippen molar-refractivity contribution in [3.05, 3.63) is 81.2 Å². The molecule has 0 aliphatic carbocycles. The molecule has 8 nitrogen and oxygen atoms in total. The van der Waals surface area contributed by atoms with E-state index in [9.17, 15) is 31.2 Å². The molecule has 1 heterocycles. The molecule has 0 fully saturated rings. The summed E-state index contributed by atoms with van der Waals surface area (Å²) in [5.41, 5.74) is -2.42. The van der Waals surface area contributed by atoms with Crippen molar-refractivity contribution in [1.29, 1.82) is 5.26 Å². The number of nitrogens with zero attached hydrogens (tertiary/aromatic N) is 2. The van der Waals surface area contributed by atoms with Gasteiger partial charge in [0.05, 0.1) is 16.5 Å². The minimum Gasteiger partial charge on any atom is -0.451 e. The van der Waals surface area contributed by atoms with Gasteiger partial charge in [0.2, 0.25) is 11.7 Å². The number of nitriles is 1. The van der Waals surface area contributed by atoms with Crippen LogP contribution in [0.4, 0.5) is 18.9 Å². The molecular formula is C22H15ClF3N3O5S. The SMILES string of the molecule is CS(=O)(=O)c1ccc(NC(=O)Cn2ccc(C(F)(F)F)c(Oc3cc(Cl)cc(C#N)c3)c2=O)cc1. The van der Waals surface area contributed by atoms with Crippen molar-refractivity contribution >= 4 is 33.0 Å². The Hall–Kier alpha value is -3.82. The fraction of sp³-hybridized carbons (Fsp3) is 0.136. The van der Waals surface area contributed by atoms with E-state index in [4.69, 9.17) is 21.6 Å². The quantitative estimate of drug-likeness (QED) is 0.514. The van der Waals surface area contributed by atoms with Crippen molar-refractivity contribution in [3.8, 4) is 17.6 Å². The third-order valence-electron chi connectivity index (χ3n) is 4.53. The molecule has 0 saturated heterocycles. The Morgan fingerprint density at radius 2 is 1.83 bits per heavy atom. The topological polar surface area (TPSA) is 118 Å². The van der Waals surface area contributed by atoms with Gasteiger partial charge in [0, 0.05) is 23.2 Å². The van der Waals surface area contributed by atoms with E-state index in [1.54, 1.807) is 6.07 Å². The van der Waals surface area contributed by atoms with Crippen LogP contribution in [0.3, 0.4) is 0 Å². The maximum atomic E-state index is 13.5. The zero-order valence-electron chi connectivity index (χ0n) is 17.8. The summed E-state index contributed by atoms with van der Waals surface area (Å²) in [5.74, 6) is -2.14. The van der Waals surface area contributed by atoms with E-state index in [0.717, 1.165) is 24.6 Å². The Labute approximate surface area is 202 Å². The van der Waals surface area contributed by atoms with Crippen LogP contribution in [0.1, 0.15) is 11.1 Å². The van der Waals surface area contributed by atoms with Crippen molar-refractivity contribution in [2.75, 3.05) is 11.6 Å². The number of carbonyl (C=O) groups excluding carboxylic acids is 1. The summed E-state index contributed by atoms with van der Waals surface area (Å²) in [4.78, 5) is 25.2. The first-order valence-electron chi connectivity index (χ1n) is 9.57. The van der Waals surface area contributed by atoms with E-state index in [-0.39, 0.29) is 26.9 Å². The van der Waals surface area contributed by atoms with Gasteiger partial charge in [-0.3, -0.25) is 9.59 Å². The molecule has 0 atom stereocenters. The van der Waals surface area contributed by atoms with Crippen molar-refractivity contribution in [2.24, 2.45) is 0 Å². The number of carbonyl (C=O) groups is 1. The Morgan fingerprint density at radius 1 is 1.17 bits per heavy atom. The zero-order valence-corrected chi connectivity index (χ0v) is 19.3. The Morgan fingerprint density at radius 3 is 2.40 bits per heavy atom. The van der Waals surface area contributed by atoms with Crippen LogP contribution < -0.4 is 15.6 Å². The van der Waals surface area contributed by atoms with Crippen LogP contribution in [-0.2, 0) is 27.4 Å². The fourth-order valence-corrected chi connectivity index (χ4v) is 3.80. The lowest BCUT2D eigenvalue weighted by Crippen LogP contribution is -2.29. The molecule has 3 rings (SSSR count). The molecule has 182 valence electrons. The predicted molar refractivity (Wildman–Crippen MR) is 120 cm³/mol. The third kappa shape index (κ3) is 6.40. The lowest BCUT2D eigenvalue weighted by molar-refractivity contribution is -0.138. The molecule has 0 radical (unpaired) electrons. The summed E-state index contributed by atoms with van der Waals surface area (Å²) < 4.78 is 69.5. The summed E-state index contributed by atoms with van der Waals surface area (Å²) in [7, 11) is -3.45. The number of pyridine rings is 1. The molecular weight excluding hydrogens is 511 g/mol. The monoisotopic (exact) mass is 525 g/mol. The smallest absolute Gasteiger partial charge is 0.420 e. The van der Waals surface area contributed by atoms with Gasteiger partial charge < -0.3 is 14.6 Å². The van der Waals surface area contributed by atoms with Crippen LogP contribution in [-0.4, -0.2) is 25.1 Å². The van der Waals surface area contributed by atoms with Gasteiger partial charge in [-0.25, -0.2) is 8.42 Å². The summed E-state index contributed by atoms with van der Waals surface area (Å²) in [6, 6.07) is 11.0. The van der Waals surface area contributed by atoms with Gasteiger partial charge >= 0.3 is 6.18 Å². The van der Waals surface area contributed by atoms with E-state index >= 15 is 0 Å². The van der Waals surface area contributed by atoms with E-state index in [0.29, 0.717) is 10.6 Å². The molecule has 0 unspecified atom stereocenters. The number of anilines is 1. The zero-order chi connectivity index (χ0) is 26.0. The second-order valence-electron chi connectivity index (χ2n) is 7.22. The van der Waals surface area contributed by atoms with Crippen molar-refractivity contribution < 1.29 is 31.1 Å². The molecule has 0 aliphatic rings. The minimum absolute atomic E-state index is 0.00131. The number of halogens is 4. The normalized spacial score (nSPS) is 11.5. The Bertz CT molecular complexity index is 1490. The number of benzene rings is 2. The van der Waals surface area contributed by atoms with E-state index in [1.165, 1.54) is 30.3 Å². The highest BCUT2D eigenvalue weighted by Gasteiger charge is 2.36. The molecule has 0 bridgehead atoms. The molecule has 0 spiro atoms. The first-order chi connectivity index (χ1) is 16.3. The van der Waals surface area contributed by atoms with E-state index < -0.39 is 45.3 Å². The van der Waals surface area contributed by atoms with Gasteiger partial charge in [-0.15, -0.1) is 0 Å². The highest BCUT2D eigenvalue weighted by atomic mass is 35.5. The standard InChI is InChI=1S/C22H15ClF3N3O5S/c1-35(32,33)17-4-2-15(3-5-17)28-19(30)12-29-7-6-18(22(24,25)26)20(21(29)31)34-16-9-13(11-27)8-14(23)10-16/h2-10H,12H2,1H3,(H,28,30). The van der Waals surface area contributed by atoms with Crippen LogP contribution >= 0.6 is 11.6 Å². The lowest BCUT2D eigenvalue weighted by atomic mass is 10.2. The molecule has 1 N–H and O–H groups in total. The molecule has 2 aromatic carbocycles. The van der Waals surface area contributed by atoms with Crippen LogP contribution in [0.25, 0.3) is 0 Å². The van der Waals surface area contributed by atoms with Crippen molar-refractivity contribution in [2.45, 2.75) is 17.6 Å². The molecule has 35 heavy (non-hydrogen) atoms. The van der Waals surface area contributed by atoms with E-state index in [1.807, 2.05) is 0 Å². The average Bonchev–Trinajstić information content (AvgIpc) is 2.75. The number of alkyl halides is 3. The third-order valence-corrected chi connectivity index (χ3v) is 5.87. The lowest BCUT2D eigenvalue weighted by Gasteiger charge is -2.16. The summed E-state index contributed by atoms with van der Waals surface area (Å²) in [6.07, 6.45) is -3.14. The number of hydrogen-bond acceptors (Lipinski definition) is 6. The molecule has 13 heteroatoms. The van der Waals surface area contributed by atoms with Gasteiger partial charge in [0.1, 0.15) is 17.9 Å². The molecule has 0 saturated carbocycles. The number of sulfone groups is 1. The Kier molecular flexibility index (Phi) is 7.23. The molecule has 3 aromatic rings.